The molecule has 1 aromatic carbocycles. The van der Waals surface area contributed by atoms with Gasteiger partial charge in [-0.05, 0) is 49.1 Å². The Morgan fingerprint density at radius 3 is 2.49 bits per heavy atom. The first-order valence-electron chi connectivity index (χ1n) is 13.1. The van der Waals surface area contributed by atoms with Crippen LogP contribution in [0, 0.1) is 23.0 Å². The van der Waals surface area contributed by atoms with Crippen molar-refractivity contribution in [3.05, 3.63) is 77.8 Å². The van der Waals surface area contributed by atoms with Crippen molar-refractivity contribution in [2.45, 2.75) is 48.6 Å². The van der Waals surface area contributed by atoms with Gasteiger partial charge >= 0.3 is 0 Å². The molecule has 0 spiro atoms. The molecule has 0 bridgehead atoms. The predicted molar refractivity (Wildman–Crippen MR) is 150 cm³/mol. The van der Waals surface area contributed by atoms with E-state index in [1.165, 1.54) is 18.0 Å². The van der Waals surface area contributed by atoms with E-state index in [-0.39, 0.29) is 23.7 Å². The van der Waals surface area contributed by atoms with E-state index in [4.69, 9.17) is 5.26 Å². The number of amides is 3. The summed E-state index contributed by atoms with van der Waals surface area (Å²) in [4.78, 5) is 47.5. The van der Waals surface area contributed by atoms with Crippen LogP contribution in [0.1, 0.15) is 43.0 Å². The molecule has 1 saturated heterocycles. The zero-order valence-corrected chi connectivity index (χ0v) is 23.7. The fourth-order valence-electron chi connectivity index (χ4n) is 4.69. The largest absolute Gasteiger partial charge is 0.351 e. The van der Waals surface area contributed by atoms with Gasteiger partial charge in [0.15, 0.2) is 6.04 Å². The SMILES string of the molecule is CSc1cccnc1C(C(=O)NC1CC(F)(F)C1)N(C=O)c1cc(F)cc(F)c1.N#Cc1ccnc(N2CCCC2=O)c1. The van der Waals surface area contributed by atoms with Crippen molar-refractivity contribution in [2.24, 2.45) is 0 Å². The van der Waals surface area contributed by atoms with E-state index in [0.29, 0.717) is 35.3 Å². The first-order valence-corrected chi connectivity index (χ1v) is 14.3. The zero-order valence-electron chi connectivity index (χ0n) is 22.8. The lowest BCUT2D eigenvalue weighted by Crippen LogP contribution is -2.53. The molecule has 14 heteroatoms. The van der Waals surface area contributed by atoms with Crippen molar-refractivity contribution in [3.8, 4) is 6.07 Å². The fraction of sp³-hybridized carbons (Fsp3) is 0.310. The Hall–Kier alpha value is -4.51. The second kappa shape index (κ2) is 13.6. The van der Waals surface area contributed by atoms with E-state index in [1.807, 2.05) is 6.07 Å². The number of rotatable bonds is 8. The van der Waals surface area contributed by atoms with E-state index >= 15 is 0 Å². The summed E-state index contributed by atoms with van der Waals surface area (Å²) in [5.74, 6) is -4.80. The molecule has 3 heterocycles. The maximum absolute atomic E-state index is 13.7. The number of nitrogens with zero attached hydrogens (tertiary/aromatic N) is 5. The van der Waals surface area contributed by atoms with Gasteiger partial charge in [0.1, 0.15) is 17.5 Å². The summed E-state index contributed by atoms with van der Waals surface area (Å²) < 4.78 is 53.7. The average molecular weight is 615 g/mol. The summed E-state index contributed by atoms with van der Waals surface area (Å²) in [6.07, 6.45) is 5.37. The summed E-state index contributed by atoms with van der Waals surface area (Å²) >= 11 is 1.26. The topological polar surface area (TPSA) is 119 Å². The monoisotopic (exact) mass is 614 g/mol. The normalized spacial score (nSPS) is 16.3. The van der Waals surface area contributed by atoms with E-state index < -0.39 is 48.4 Å². The molecule has 3 amide bonds. The number of carbonyl (C=O) groups is 3. The Bertz CT molecular complexity index is 1520. The van der Waals surface area contributed by atoms with Gasteiger partial charge in [0, 0.05) is 55.2 Å². The van der Waals surface area contributed by atoms with Crippen LogP contribution in [-0.4, -0.2) is 53.0 Å². The third kappa shape index (κ3) is 7.66. The lowest BCUT2D eigenvalue weighted by molar-refractivity contribution is -0.131. The molecule has 2 fully saturated rings. The summed E-state index contributed by atoms with van der Waals surface area (Å²) in [5, 5.41) is 11.2. The Balaban J connectivity index is 0.000000251. The fourth-order valence-corrected chi connectivity index (χ4v) is 5.28. The molecule has 1 aliphatic heterocycles. The predicted octanol–water partition coefficient (Wildman–Crippen LogP) is 4.78. The molecule has 1 N–H and O–H groups in total. The molecule has 9 nitrogen and oxygen atoms in total. The molecular weight excluding hydrogens is 588 g/mol. The first kappa shape index (κ1) is 31.4. The van der Waals surface area contributed by atoms with Gasteiger partial charge in [-0.1, -0.05) is 0 Å². The van der Waals surface area contributed by atoms with Gasteiger partial charge in [-0.25, -0.2) is 22.5 Å². The molecule has 1 unspecified atom stereocenters. The number of benzene rings is 1. The average Bonchev–Trinajstić information content (AvgIpc) is 3.40. The van der Waals surface area contributed by atoms with E-state index in [1.54, 1.807) is 41.6 Å². The third-order valence-corrected chi connectivity index (χ3v) is 7.51. The van der Waals surface area contributed by atoms with Crippen molar-refractivity contribution in [1.82, 2.24) is 15.3 Å². The van der Waals surface area contributed by atoms with E-state index in [2.05, 4.69) is 15.3 Å². The smallest absolute Gasteiger partial charge is 0.252 e. The summed E-state index contributed by atoms with van der Waals surface area (Å²) in [5.41, 5.74) is 0.504. The highest BCUT2D eigenvalue weighted by Gasteiger charge is 2.47. The lowest BCUT2D eigenvalue weighted by atomic mass is 9.88. The van der Waals surface area contributed by atoms with Gasteiger partial charge in [-0.15, -0.1) is 11.8 Å². The van der Waals surface area contributed by atoms with Gasteiger partial charge in [0.25, 0.3) is 5.92 Å². The van der Waals surface area contributed by atoms with Crippen LogP contribution in [0.3, 0.4) is 0 Å². The second-order valence-electron chi connectivity index (χ2n) is 9.77. The number of anilines is 2. The van der Waals surface area contributed by atoms with Crippen LogP contribution in [0.15, 0.2) is 59.8 Å². The number of hydrogen-bond donors (Lipinski definition) is 1. The van der Waals surface area contributed by atoms with E-state index in [9.17, 15) is 31.9 Å². The highest BCUT2D eigenvalue weighted by atomic mass is 32.2. The number of halogens is 4. The van der Waals surface area contributed by atoms with Gasteiger partial charge in [0.2, 0.25) is 18.2 Å². The molecule has 1 aliphatic carbocycles. The number of nitriles is 1. The van der Waals surface area contributed by atoms with Crippen molar-refractivity contribution in [2.75, 3.05) is 22.6 Å². The Morgan fingerprint density at radius 2 is 1.91 bits per heavy atom. The minimum atomic E-state index is -2.85. The highest BCUT2D eigenvalue weighted by Crippen LogP contribution is 2.38. The minimum Gasteiger partial charge on any atom is -0.351 e. The summed E-state index contributed by atoms with van der Waals surface area (Å²) in [7, 11) is 0. The van der Waals surface area contributed by atoms with Crippen LogP contribution < -0.4 is 15.1 Å². The standard InChI is InChI=1S/C19H17F4N3O2S.C10H9N3O/c1-29-15-3-2-4-24-16(15)17(18(28)25-13-8-19(22,23)9-13)26(10-27)14-6-11(20)5-12(21)7-14;11-7-8-3-4-12-9(6-8)13-5-1-2-10(13)14/h2-7,10,13,17H,8-9H2,1H3,(H,25,28);3-4,6H,1-2,5H2. The third-order valence-electron chi connectivity index (χ3n) is 6.73. The van der Waals surface area contributed by atoms with Crippen LogP contribution in [0.2, 0.25) is 0 Å². The van der Waals surface area contributed by atoms with Crippen molar-refractivity contribution >= 4 is 41.5 Å². The lowest BCUT2D eigenvalue weighted by Gasteiger charge is -2.37. The van der Waals surface area contributed by atoms with Crippen LogP contribution in [0.5, 0.6) is 0 Å². The summed E-state index contributed by atoms with van der Waals surface area (Å²) in [6.45, 7) is 0.709. The Kier molecular flexibility index (Phi) is 9.97. The quantitative estimate of drug-likeness (QED) is 0.220. The molecule has 224 valence electrons. The second-order valence-corrected chi connectivity index (χ2v) is 10.6. The van der Waals surface area contributed by atoms with Crippen LogP contribution in [0.4, 0.5) is 29.1 Å². The maximum Gasteiger partial charge on any atom is 0.252 e. The first-order chi connectivity index (χ1) is 20.5. The zero-order chi connectivity index (χ0) is 31.1. The molecule has 0 radical (unpaired) electrons. The van der Waals surface area contributed by atoms with Crippen LogP contribution >= 0.6 is 11.8 Å². The van der Waals surface area contributed by atoms with Gasteiger partial charge in [-0.2, -0.15) is 5.26 Å². The van der Waals surface area contributed by atoms with Crippen LogP contribution in [0.25, 0.3) is 0 Å². The number of carbonyl (C=O) groups excluding carboxylic acids is 3. The number of thioether (sulfide) groups is 1. The molecule has 2 aromatic heterocycles. The van der Waals surface area contributed by atoms with Crippen molar-refractivity contribution < 1.29 is 31.9 Å². The number of hydrogen-bond acceptors (Lipinski definition) is 7. The molecule has 2 aliphatic rings. The Labute approximate surface area is 248 Å². The van der Waals surface area contributed by atoms with Crippen molar-refractivity contribution in [3.63, 3.8) is 0 Å². The van der Waals surface area contributed by atoms with Gasteiger partial charge in [-0.3, -0.25) is 29.2 Å². The molecule has 1 atom stereocenters. The molecule has 1 saturated carbocycles. The number of pyridine rings is 2. The number of nitrogens with one attached hydrogen (secondary N) is 1. The molecular formula is C29H26F4N6O3S. The minimum absolute atomic E-state index is 0.0904. The Morgan fingerprint density at radius 1 is 1.19 bits per heavy atom. The van der Waals surface area contributed by atoms with Gasteiger partial charge in [0.05, 0.1) is 23.0 Å². The van der Waals surface area contributed by atoms with E-state index in [0.717, 1.165) is 23.5 Å². The summed E-state index contributed by atoms with van der Waals surface area (Å²) in [6, 6.07) is 8.86. The van der Waals surface area contributed by atoms with Crippen LogP contribution in [-0.2, 0) is 14.4 Å². The molecule has 3 aromatic rings. The molecule has 5 rings (SSSR count). The molecule has 43 heavy (non-hydrogen) atoms. The van der Waals surface area contributed by atoms with Gasteiger partial charge < -0.3 is 5.32 Å². The maximum atomic E-state index is 13.7. The number of aromatic nitrogens is 2. The van der Waals surface area contributed by atoms with Crippen molar-refractivity contribution in [1.29, 1.82) is 5.26 Å². The highest BCUT2D eigenvalue weighted by molar-refractivity contribution is 7.98. The number of alkyl halides is 2.